The molecule has 1 aliphatic heterocycles. The first-order chi connectivity index (χ1) is 16.5. The first-order valence-electron chi connectivity index (χ1n) is 12.4. The zero-order valence-corrected chi connectivity index (χ0v) is 21.0. The van der Waals surface area contributed by atoms with Gasteiger partial charge >= 0.3 is 0 Å². The largest absolute Gasteiger partial charge is 0.335 e. The number of piperidine rings is 1. The lowest BCUT2D eigenvalue weighted by Crippen LogP contribution is -3.13. The second-order valence-electron chi connectivity index (χ2n) is 9.29. The molecule has 2 heterocycles. The van der Waals surface area contributed by atoms with E-state index in [1.807, 2.05) is 48.5 Å². The van der Waals surface area contributed by atoms with Crippen molar-refractivity contribution in [1.82, 2.24) is 9.55 Å². The number of nitrogens with zero attached hydrogens (tertiary/aromatic N) is 2. The third-order valence-electron chi connectivity index (χ3n) is 6.70. The normalized spacial score (nSPS) is 18.2. The Morgan fingerprint density at radius 2 is 1.88 bits per heavy atom. The van der Waals surface area contributed by atoms with Crippen molar-refractivity contribution < 1.29 is 9.69 Å². The first-order valence-corrected chi connectivity index (χ1v) is 13.4. The molecule has 0 bridgehead atoms. The van der Waals surface area contributed by atoms with Gasteiger partial charge in [-0.15, -0.1) is 0 Å². The maximum atomic E-state index is 13.3. The molecule has 1 saturated heterocycles. The fourth-order valence-electron chi connectivity index (χ4n) is 4.51. The van der Waals surface area contributed by atoms with Gasteiger partial charge in [-0.1, -0.05) is 49.9 Å². The summed E-state index contributed by atoms with van der Waals surface area (Å²) in [6.45, 7) is 8.55. The highest BCUT2D eigenvalue weighted by Crippen LogP contribution is 2.19. The highest BCUT2D eigenvalue weighted by molar-refractivity contribution is 7.99. The number of para-hydroxylation sites is 1. The lowest BCUT2D eigenvalue weighted by Gasteiger charge is -2.27. The zero-order chi connectivity index (χ0) is 23.9. The van der Waals surface area contributed by atoms with Crippen LogP contribution in [-0.2, 0) is 17.8 Å². The quantitative estimate of drug-likeness (QED) is 0.365. The molecule has 0 saturated carbocycles. The number of aromatic nitrogens is 2. The van der Waals surface area contributed by atoms with Crippen LogP contribution in [-0.4, -0.2) is 40.8 Å². The van der Waals surface area contributed by atoms with Crippen molar-refractivity contribution >= 4 is 34.3 Å². The summed E-state index contributed by atoms with van der Waals surface area (Å²) < 4.78 is 1.77. The van der Waals surface area contributed by atoms with Gasteiger partial charge in [0.2, 0.25) is 5.91 Å². The molecule has 2 aromatic carbocycles. The highest BCUT2D eigenvalue weighted by atomic mass is 32.2. The van der Waals surface area contributed by atoms with Crippen molar-refractivity contribution in [1.29, 1.82) is 0 Å². The second-order valence-corrected chi connectivity index (χ2v) is 10.2. The Bertz CT molecular complexity index is 1170. The summed E-state index contributed by atoms with van der Waals surface area (Å²) in [7, 11) is 0. The Hall–Kier alpha value is -2.64. The molecule has 0 radical (unpaired) electrons. The van der Waals surface area contributed by atoms with Crippen LogP contribution >= 0.6 is 11.8 Å². The average molecular weight is 480 g/mol. The van der Waals surface area contributed by atoms with Crippen LogP contribution < -0.4 is 15.8 Å². The predicted octanol–water partition coefficient (Wildman–Crippen LogP) is 3.39. The number of nitrogens with one attached hydrogen (secondary N) is 2. The number of fused-ring (bicyclic) bond motifs is 1. The molecule has 6 nitrogen and oxygen atoms in total. The van der Waals surface area contributed by atoms with Crippen molar-refractivity contribution in [2.75, 3.05) is 30.7 Å². The van der Waals surface area contributed by atoms with Gasteiger partial charge in [0.15, 0.2) is 5.16 Å². The Morgan fingerprint density at radius 3 is 2.62 bits per heavy atom. The number of aryl methyl sites for hydroxylation is 1. The minimum atomic E-state index is -0.102. The fraction of sp³-hybridized carbons (Fsp3) is 0.444. The maximum absolute atomic E-state index is 13.3. The summed E-state index contributed by atoms with van der Waals surface area (Å²) in [5.74, 6) is 0.931. The summed E-state index contributed by atoms with van der Waals surface area (Å²) in [6, 6.07) is 15.4. The molecule has 0 atom stereocenters. The first kappa shape index (κ1) is 24.5. The minimum absolute atomic E-state index is 0.0223. The lowest BCUT2D eigenvalue weighted by atomic mass is 9.99. The summed E-state index contributed by atoms with van der Waals surface area (Å²) in [5.41, 5.74) is 2.67. The summed E-state index contributed by atoms with van der Waals surface area (Å²) in [6.07, 6.45) is 4.45. The molecule has 2 N–H and O–H groups in total. The molecule has 0 unspecified atom stereocenters. The molecule has 0 aliphatic carbocycles. The number of likely N-dealkylation sites (tertiary alicyclic amines) is 1. The van der Waals surface area contributed by atoms with E-state index in [2.05, 4.69) is 19.2 Å². The molecular formula is C27H35N4O2S+. The summed E-state index contributed by atoms with van der Waals surface area (Å²) in [5, 5.41) is 4.19. The second kappa shape index (κ2) is 11.7. The monoisotopic (exact) mass is 479 g/mol. The van der Waals surface area contributed by atoms with E-state index >= 15 is 0 Å². The third-order valence-corrected chi connectivity index (χ3v) is 7.67. The van der Waals surface area contributed by atoms with Gasteiger partial charge in [-0.3, -0.25) is 14.2 Å². The summed E-state index contributed by atoms with van der Waals surface area (Å²) in [4.78, 5) is 32.2. The minimum Gasteiger partial charge on any atom is -0.335 e. The Balaban J connectivity index is 1.44. The Morgan fingerprint density at radius 1 is 1.15 bits per heavy atom. The lowest BCUT2D eigenvalue weighted by molar-refractivity contribution is -0.906. The molecule has 1 fully saturated rings. The highest BCUT2D eigenvalue weighted by Gasteiger charge is 2.19. The molecule has 1 aliphatic rings. The average Bonchev–Trinajstić information content (AvgIpc) is 2.86. The number of carbonyl (C=O) groups is 1. The van der Waals surface area contributed by atoms with Gasteiger partial charge in [0, 0.05) is 18.7 Å². The zero-order valence-electron chi connectivity index (χ0n) is 20.2. The molecule has 0 spiro atoms. The van der Waals surface area contributed by atoms with Gasteiger partial charge in [-0.2, -0.15) is 0 Å². The molecule has 34 heavy (non-hydrogen) atoms. The predicted molar refractivity (Wildman–Crippen MR) is 140 cm³/mol. The van der Waals surface area contributed by atoms with Crippen LogP contribution in [0.15, 0.2) is 58.5 Å². The van der Waals surface area contributed by atoms with Crippen molar-refractivity contribution in [3.8, 4) is 0 Å². The van der Waals surface area contributed by atoms with E-state index in [-0.39, 0.29) is 17.2 Å². The van der Waals surface area contributed by atoms with Gasteiger partial charge in [0.05, 0.1) is 36.3 Å². The number of amides is 1. The van der Waals surface area contributed by atoms with Crippen molar-refractivity contribution in [3.05, 3.63) is 64.4 Å². The number of benzene rings is 2. The van der Waals surface area contributed by atoms with Crippen LogP contribution in [0.3, 0.4) is 0 Å². The van der Waals surface area contributed by atoms with Gasteiger partial charge < -0.3 is 10.2 Å². The number of quaternary nitrogens is 1. The van der Waals surface area contributed by atoms with Gasteiger partial charge in [0.25, 0.3) is 5.56 Å². The molecule has 3 aromatic rings. The van der Waals surface area contributed by atoms with Crippen LogP contribution in [0.5, 0.6) is 0 Å². The third kappa shape index (κ3) is 6.27. The smallest absolute Gasteiger partial charge is 0.262 e. The van der Waals surface area contributed by atoms with E-state index < -0.39 is 0 Å². The van der Waals surface area contributed by atoms with Crippen LogP contribution in [0.4, 0.5) is 5.69 Å². The fourth-order valence-corrected chi connectivity index (χ4v) is 5.34. The van der Waals surface area contributed by atoms with Crippen LogP contribution in [0.1, 0.15) is 38.7 Å². The van der Waals surface area contributed by atoms with Gasteiger partial charge in [-0.25, -0.2) is 4.98 Å². The summed E-state index contributed by atoms with van der Waals surface area (Å²) >= 11 is 1.33. The van der Waals surface area contributed by atoms with Crippen molar-refractivity contribution in [2.24, 2.45) is 5.92 Å². The van der Waals surface area contributed by atoms with E-state index in [9.17, 15) is 9.59 Å². The molecular weight excluding hydrogens is 444 g/mol. The van der Waals surface area contributed by atoms with E-state index in [4.69, 9.17) is 4.98 Å². The van der Waals surface area contributed by atoms with E-state index in [1.54, 1.807) is 9.47 Å². The van der Waals surface area contributed by atoms with Crippen LogP contribution in [0.2, 0.25) is 0 Å². The van der Waals surface area contributed by atoms with Gasteiger partial charge in [0.1, 0.15) is 0 Å². The van der Waals surface area contributed by atoms with Crippen LogP contribution in [0, 0.1) is 5.92 Å². The molecule has 1 amide bonds. The van der Waals surface area contributed by atoms with Gasteiger partial charge in [-0.05, 0) is 55.0 Å². The van der Waals surface area contributed by atoms with E-state index in [0.29, 0.717) is 22.6 Å². The van der Waals surface area contributed by atoms with Crippen molar-refractivity contribution in [3.63, 3.8) is 0 Å². The van der Waals surface area contributed by atoms with Crippen LogP contribution in [0.25, 0.3) is 10.9 Å². The maximum Gasteiger partial charge on any atom is 0.262 e. The number of rotatable bonds is 9. The SMILES string of the molecule is CCc1ccc(NC(=O)CSc2nc3ccccc3c(=O)n2CCC[NH+]2CCC(C)CC2)cc1. The Labute approximate surface area is 205 Å². The number of thioether (sulfide) groups is 1. The number of carbonyl (C=O) groups excluding carboxylic acids is 1. The van der Waals surface area contributed by atoms with E-state index in [1.165, 1.54) is 43.3 Å². The molecule has 1 aromatic heterocycles. The topological polar surface area (TPSA) is 68.4 Å². The molecule has 7 heteroatoms. The number of hydrogen-bond acceptors (Lipinski definition) is 4. The number of anilines is 1. The molecule has 180 valence electrons. The van der Waals surface area contributed by atoms with E-state index in [0.717, 1.165) is 31.0 Å². The molecule has 4 rings (SSSR count). The Kier molecular flexibility index (Phi) is 8.40. The van der Waals surface area contributed by atoms with Crippen molar-refractivity contribution in [2.45, 2.75) is 51.2 Å². The number of hydrogen-bond donors (Lipinski definition) is 2. The standard InChI is InChI=1S/C27H34N4O2S/c1-3-21-9-11-22(12-10-21)28-25(32)19-34-27-29-24-8-5-4-7-23(24)26(33)31(27)16-6-15-30-17-13-20(2)14-18-30/h4-5,7-12,20H,3,6,13-19H2,1-2H3,(H,28,32)/p+1.